The molecule has 0 aliphatic heterocycles. The fourth-order valence-corrected chi connectivity index (χ4v) is 1.71. The molecule has 0 saturated carbocycles. The highest BCUT2D eigenvalue weighted by molar-refractivity contribution is 5.42. The van der Waals surface area contributed by atoms with E-state index in [1.165, 1.54) is 5.56 Å². The molecule has 0 aromatic heterocycles. The topological polar surface area (TPSA) is 40.5 Å². The highest BCUT2D eigenvalue weighted by Crippen LogP contribution is 2.27. The summed E-state index contributed by atoms with van der Waals surface area (Å²) in [5.41, 5.74) is 3.44. The van der Waals surface area contributed by atoms with Crippen molar-refractivity contribution in [2.24, 2.45) is 0 Å². The van der Waals surface area contributed by atoms with Gasteiger partial charge in [0.1, 0.15) is 11.5 Å². The van der Waals surface area contributed by atoms with Crippen molar-refractivity contribution >= 4 is 0 Å². The molecular weight excluding hydrogens is 236 g/mol. The van der Waals surface area contributed by atoms with Crippen LogP contribution in [0, 0.1) is 13.8 Å². The Morgan fingerprint density at radius 1 is 0.842 bits per heavy atom. The van der Waals surface area contributed by atoms with Crippen molar-refractivity contribution in [3.8, 4) is 11.5 Å². The first-order valence-corrected chi connectivity index (χ1v) is 6.46. The number of rotatable bonds is 1. The Bertz CT molecular complexity index is 516. The van der Waals surface area contributed by atoms with Crippen LogP contribution < -0.4 is 0 Å². The monoisotopic (exact) mass is 258 g/mol. The van der Waals surface area contributed by atoms with E-state index in [-0.39, 0.29) is 0 Å². The van der Waals surface area contributed by atoms with Crippen LogP contribution in [0.1, 0.15) is 36.5 Å². The van der Waals surface area contributed by atoms with Gasteiger partial charge < -0.3 is 10.2 Å². The molecule has 0 aliphatic carbocycles. The van der Waals surface area contributed by atoms with Crippen LogP contribution in [0.4, 0.5) is 0 Å². The molecule has 102 valence electrons. The van der Waals surface area contributed by atoms with Crippen molar-refractivity contribution in [3.05, 3.63) is 59.2 Å². The molecular formula is C17H22O2. The van der Waals surface area contributed by atoms with Crippen LogP contribution in [0.3, 0.4) is 0 Å². The summed E-state index contributed by atoms with van der Waals surface area (Å²) in [4.78, 5) is 0. The average molecular weight is 258 g/mol. The number of benzene rings is 2. The molecule has 2 N–H and O–H groups in total. The second-order valence-electron chi connectivity index (χ2n) is 4.99. The molecule has 0 heterocycles. The van der Waals surface area contributed by atoms with Gasteiger partial charge in [-0.15, -0.1) is 0 Å². The molecule has 0 atom stereocenters. The van der Waals surface area contributed by atoms with E-state index in [4.69, 9.17) is 5.11 Å². The van der Waals surface area contributed by atoms with Gasteiger partial charge in [0.25, 0.3) is 0 Å². The smallest absolute Gasteiger partial charge is 0.119 e. The lowest BCUT2D eigenvalue weighted by atomic mass is 9.97. The molecule has 0 radical (unpaired) electrons. The van der Waals surface area contributed by atoms with E-state index in [9.17, 15) is 5.11 Å². The number of aromatic hydroxyl groups is 2. The van der Waals surface area contributed by atoms with Gasteiger partial charge in [0.15, 0.2) is 0 Å². The minimum atomic E-state index is 0.322. The Hall–Kier alpha value is -1.96. The van der Waals surface area contributed by atoms with Gasteiger partial charge in [-0.05, 0) is 54.7 Å². The molecule has 2 aromatic carbocycles. The maximum absolute atomic E-state index is 9.59. The molecule has 19 heavy (non-hydrogen) atoms. The van der Waals surface area contributed by atoms with E-state index in [0.717, 1.165) is 11.1 Å². The largest absolute Gasteiger partial charge is 0.508 e. The van der Waals surface area contributed by atoms with E-state index in [1.54, 1.807) is 24.3 Å². The standard InChI is InChI=1S/C11H16O.C6H6O/c1-7(2)10-5-8(3)9(4)6-11(10)12;7-6-4-2-1-3-5-6/h5-7,12H,1-4H3;1-5,7H. The van der Waals surface area contributed by atoms with Crippen LogP contribution in [0.15, 0.2) is 42.5 Å². The van der Waals surface area contributed by atoms with Gasteiger partial charge in [0, 0.05) is 0 Å². The minimum absolute atomic E-state index is 0.322. The highest BCUT2D eigenvalue weighted by atomic mass is 16.3. The summed E-state index contributed by atoms with van der Waals surface area (Å²) in [6, 6.07) is 12.6. The Balaban J connectivity index is 0.000000218. The number of phenols is 2. The first-order valence-electron chi connectivity index (χ1n) is 6.46. The Kier molecular flexibility index (Phi) is 5.43. The van der Waals surface area contributed by atoms with Crippen molar-refractivity contribution in [1.82, 2.24) is 0 Å². The minimum Gasteiger partial charge on any atom is -0.508 e. The van der Waals surface area contributed by atoms with Crippen LogP contribution in [0.5, 0.6) is 11.5 Å². The van der Waals surface area contributed by atoms with Gasteiger partial charge >= 0.3 is 0 Å². The normalized spacial score (nSPS) is 9.95. The van der Waals surface area contributed by atoms with Crippen molar-refractivity contribution in [3.63, 3.8) is 0 Å². The number of phenolic OH excluding ortho intramolecular Hbond substituents is 2. The second-order valence-corrected chi connectivity index (χ2v) is 4.99. The number of hydrogen-bond donors (Lipinski definition) is 2. The van der Waals surface area contributed by atoms with Gasteiger partial charge in [-0.1, -0.05) is 38.1 Å². The summed E-state index contributed by atoms with van der Waals surface area (Å²) >= 11 is 0. The van der Waals surface area contributed by atoms with Gasteiger partial charge in [-0.2, -0.15) is 0 Å². The SMILES string of the molecule is Cc1cc(O)c(C(C)C)cc1C.Oc1ccccc1. The lowest BCUT2D eigenvalue weighted by Crippen LogP contribution is -1.91. The van der Waals surface area contributed by atoms with E-state index < -0.39 is 0 Å². The average Bonchev–Trinajstić information content (AvgIpc) is 2.35. The first kappa shape index (κ1) is 15.1. The Labute approximate surface area is 115 Å². The molecule has 0 fully saturated rings. The van der Waals surface area contributed by atoms with Crippen LogP contribution in [0.25, 0.3) is 0 Å². The quantitative estimate of drug-likeness (QED) is 0.789. The fourth-order valence-electron chi connectivity index (χ4n) is 1.71. The number of hydrogen-bond acceptors (Lipinski definition) is 2. The molecule has 2 rings (SSSR count). The predicted molar refractivity (Wildman–Crippen MR) is 79.8 cm³/mol. The molecule has 0 amide bonds. The van der Waals surface area contributed by atoms with Crippen molar-refractivity contribution in [1.29, 1.82) is 0 Å². The molecule has 2 nitrogen and oxygen atoms in total. The maximum Gasteiger partial charge on any atom is 0.119 e. The Morgan fingerprint density at radius 3 is 1.79 bits per heavy atom. The van der Waals surface area contributed by atoms with E-state index in [2.05, 4.69) is 26.8 Å². The zero-order chi connectivity index (χ0) is 14.4. The summed E-state index contributed by atoms with van der Waals surface area (Å²) in [5.74, 6) is 1.14. The van der Waals surface area contributed by atoms with Gasteiger partial charge in [-0.3, -0.25) is 0 Å². The van der Waals surface area contributed by atoms with Crippen molar-refractivity contribution < 1.29 is 10.2 Å². The van der Waals surface area contributed by atoms with Gasteiger partial charge in [0.2, 0.25) is 0 Å². The molecule has 2 heteroatoms. The Morgan fingerprint density at radius 2 is 1.37 bits per heavy atom. The third kappa shape index (κ3) is 4.66. The van der Waals surface area contributed by atoms with Crippen molar-refractivity contribution in [2.75, 3.05) is 0 Å². The number of para-hydroxylation sites is 1. The molecule has 0 bridgehead atoms. The fraction of sp³-hybridized carbons (Fsp3) is 0.294. The summed E-state index contributed by atoms with van der Waals surface area (Å²) in [7, 11) is 0. The predicted octanol–water partition coefficient (Wildman–Crippen LogP) is 4.52. The first-order chi connectivity index (χ1) is 8.91. The second kappa shape index (κ2) is 6.83. The van der Waals surface area contributed by atoms with Crippen LogP contribution in [0.2, 0.25) is 0 Å². The maximum atomic E-state index is 9.59. The number of aryl methyl sites for hydroxylation is 2. The highest BCUT2D eigenvalue weighted by Gasteiger charge is 2.06. The van der Waals surface area contributed by atoms with Gasteiger partial charge in [-0.25, -0.2) is 0 Å². The third-order valence-electron chi connectivity index (χ3n) is 3.02. The summed E-state index contributed by atoms with van der Waals surface area (Å²) < 4.78 is 0. The third-order valence-corrected chi connectivity index (χ3v) is 3.02. The van der Waals surface area contributed by atoms with Crippen LogP contribution >= 0.6 is 0 Å². The molecule has 0 saturated heterocycles. The van der Waals surface area contributed by atoms with Crippen LogP contribution in [-0.4, -0.2) is 10.2 Å². The van der Waals surface area contributed by atoms with Crippen molar-refractivity contribution in [2.45, 2.75) is 33.6 Å². The van der Waals surface area contributed by atoms with E-state index in [1.807, 2.05) is 19.1 Å². The van der Waals surface area contributed by atoms with Crippen LogP contribution in [-0.2, 0) is 0 Å². The summed E-state index contributed by atoms with van der Waals surface area (Å²) in [6.07, 6.45) is 0. The molecule has 0 unspecified atom stereocenters. The zero-order valence-electron chi connectivity index (χ0n) is 12.0. The molecule has 0 spiro atoms. The molecule has 0 aliphatic rings. The van der Waals surface area contributed by atoms with Gasteiger partial charge in [0.05, 0.1) is 0 Å². The summed E-state index contributed by atoms with van der Waals surface area (Å²) in [6.45, 7) is 8.26. The van der Waals surface area contributed by atoms with E-state index >= 15 is 0 Å². The zero-order valence-corrected chi connectivity index (χ0v) is 12.0. The summed E-state index contributed by atoms with van der Waals surface area (Å²) in [5, 5.41) is 18.2. The molecule has 2 aromatic rings. The van der Waals surface area contributed by atoms with E-state index in [0.29, 0.717) is 17.4 Å². The lowest BCUT2D eigenvalue weighted by molar-refractivity contribution is 0.464. The lowest BCUT2D eigenvalue weighted by Gasteiger charge is -2.10.